The van der Waals surface area contributed by atoms with E-state index in [0.717, 1.165) is 19.3 Å². The summed E-state index contributed by atoms with van der Waals surface area (Å²) in [6.45, 7) is 1.42. The molecular formula is C17H19N2O4-. The van der Waals surface area contributed by atoms with E-state index in [2.05, 4.69) is 10.6 Å². The average Bonchev–Trinajstić information content (AvgIpc) is 3.09. The summed E-state index contributed by atoms with van der Waals surface area (Å²) in [6, 6.07) is 6.75. The van der Waals surface area contributed by atoms with Gasteiger partial charge in [0.1, 0.15) is 0 Å². The summed E-state index contributed by atoms with van der Waals surface area (Å²) in [7, 11) is 0. The minimum absolute atomic E-state index is 0.0721. The van der Waals surface area contributed by atoms with Gasteiger partial charge in [0.2, 0.25) is 11.8 Å². The second-order valence-electron chi connectivity index (χ2n) is 6.45. The lowest BCUT2D eigenvalue weighted by Crippen LogP contribution is -2.43. The van der Waals surface area contributed by atoms with Gasteiger partial charge in [-0.15, -0.1) is 0 Å². The number of carboxylic acids is 1. The lowest BCUT2D eigenvalue weighted by molar-refractivity contribution is -0.314. The molecule has 23 heavy (non-hydrogen) atoms. The van der Waals surface area contributed by atoms with E-state index in [0.29, 0.717) is 11.4 Å². The van der Waals surface area contributed by atoms with Gasteiger partial charge in [-0.2, -0.15) is 0 Å². The Hall–Kier alpha value is -2.37. The number of amides is 2. The molecule has 2 saturated carbocycles. The van der Waals surface area contributed by atoms with Crippen molar-refractivity contribution in [2.24, 2.45) is 23.7 Å². The SMILES string of the molecule is CC(=O)Nc1ccc(NC(=O)[C@@H]2[C@H]3CC[C@@H](C3)[C@@H]2C(=O)[O-])cc1. The van der Waals surface area contributed by atoms with Crippen LogP contribution in [0.4, 0.5) is 11.4 Å². The van der Waals surface area contributed by atoms with E-state index in [1.54, 1.807) is 24.3 Å². The van der Waals surface area contributed by atoms with Crippen molar-refractivity contribution in [2.75, 3.05) is 10.6 Å². The topological polar surface area (TPSA) is 98.3 Å². The van der Waals surface area contributed by atoms with Gasteiger partial charge < -0.3 is 20.5 Å². The fourth-order valence-corrected chi connectivity index (χ4v) is 4.07. The van der Waals surface area contributed by atoms with Crippen molar-refractivity contribution in [3.8, 4) is 0 Å². The van der Waals surface area contributed by atoms with Gasteiger partial charge >= 0.3 is 0 Å². The quantitative estimate of drug-likeness (QED) is 0.866. The summed E-state index contributed by atoms with van der Waals surface area (Å²) in [5, 5.41) is 16.8. The van der Waals surface area contributed by atoms with Crippen molar-refractivity contribution in [3.05, 3.63) is 24.3 Å². The van der Waals surface area contributed by atoms with Gasteiger partial charge in [-0.05, 0) is 55.4 Å². The molecule has 0 unspecified atom stereocenters. The molecule has 4 atom stereocenters. The summed E-state index contributed by atoms with van der Waals surface area (Å²) in [5.41, 5.74) is 1.23. The molecule has 2 aliphatic rings. The van der Waals surface area contributed by atoms with Crippen LogP contribution in [0, 0.1) is 23.7 Å². The Labute approximate surface area is 134 Å². The fourth-order valence-electron chi connectivity index (χ4n) is 4.07. The van der Waals surface area contributed by atoms with Gasteiger partial charge in [0, 0.05) is 36.1 Å². The highest BCUT2D eigenvalue weighted by atomic mass is 16.4. The van der Waals surface area contributed by atoms with Crippen LogP contribution in [0.15, 0.2) is 24.3 Å². The first-order valence-electron chi connectivity index (χ1n) is 7.85. The predicted molar refractivity (Wildman–Crippen MR) is 82.2 cm³/mol. The third-order valence-electron chi connectivity index (χ3n) is 4.96. The number of rotatable bonds is 4. The molecule has 0 aromatic heterocycles. The largest absolute Gasteiger partial charge is 0.550 e. The van der Waals surface area contributed by atoms with Crippen LogP contribution in [-0.4, -0.2) is 17.8 Å². The van der Waals surface area contributed by atoms with Crippen LogP contribution in [0.5, 0.6) is 0 Å². The van der Waals surface area contributed by atoms with E-state index in [1.165, 1.54) is 6.92 Å². The lowest BCUT2D eigenvalue weighted by Gasteiger charge is -2.30. The zero-order chi connectivity index (χ0) is 16.6. The second-order valence-corrected chi connectivity index (χ2v) is 6.45. The molecule has 0 heterocycles. The van der Waals surface area contributed by atoms with Crippen LogP contribution >= 0.6 is 0 Å². The van der Waals surface area contributed by atoms with Gasteiger partial charge in [0.15, 0.2) is 0 Å². The number of nitrogens with one attached hydrogen (secondary N) is 2. The van der Waals surface area contributed by atoms with E-state index < -0.39 is 17.8 Å². The number of carbonyl (C=O) groups is 3. The summed E-state index contributed by atoms with van der Waals surface area (Å²) in [5.74, 6) is -2.50. The minimum atomic E-state index is -1.11. The molecule has 0 spiro atoms. The third-order valence-corrected chi connectivity index (χ3v) is 4.96. The molecule has 2 bridgehead atoms. The number of benzene rings is 1. The summed E-state index contributed by atoms with van der Waals surface area (Å²) in [6.07, 6.45) is 2.59. The Morgan fingerprint density at radius 1 is 0.957 bits per heavy atom. The van der Waals surface area contributed by atoms with Gasteiger partial charge in [0.25, 0.3) is 0 Å². The number of carbonyl (C=O) groups excluding carboxylic acids is 3. The van der Waals surface area contributed by atoms with Crippen LogP contribution in [-0.2, 0) is 14.4 Å². The van der Waals surface area contributed by atoms with Crippen LogP contribution in [0.3, 0.4) is 0 Å². The number of hydrogen-bond donors (Lipinski definition) is 2. The highest BCUT2D eigenvalue weighted by Crippen LogP contribution is 2.52. The van der Waals surface area contributed by atoms with Crippen molar-refractivity contribution in [2.45, 2.75) is 26.2 Å². The standard InChI is InChI=1S/C17H20N2O4/c1-9(20)18-12-4-6-13(7-5-12)19-16(21)14-10-2-3-11(8-10)15(14)17(22)23/h4-7,10-11,14-15H,2-3,8H2,1H3,(H,18,20)(H,19,21)(H,22,23)/p-1/t10-,11-,14+,15-/m0/s1. The molecule has 0 saturated heterocycles. The Balaban J connectivity index is 1.69. The molecule has 6 nitrogen and oxygen atoms in total. The highest BCUT2D eigenvalue weighted by Gasteiger charge is 2.51. The molecule has 2 amide bonds. The molecule has 0 aliphatic heterocycles. The summed E-state index contributed by atoms with van der Waals surface area (Å²) >= 11 is 0. The van der Waals surface area contributed by atoms with Crippen molar-refractivity contribution >= 4 is 29.2 Å². The van der Waals surface area contributed by atoms with Crippen molar-refractivity contribution in [1.82, 2.24) is 0 Å². The van der Waals surface area contributed by atoms with Crippen molar-refractivity contribution in [3.63, 3.8) is 0 Å². The molecule has 1 aromatic carbocycles. The van der Waals surface area contributed by atoms with E-state index in [-0.39, 0.29) is 23.7 Å². The molecule has 1 aromatic rings. The lowest BCUT2D eigenvalue weighted by atomic mass is 9.78. The predicted octanol–water partition coefficient (Wildman–Crippen LogP) is 0.996. The summed E-state index contributed by atoms with van der Waals surface area (Å²) in [4.78, 5) is 34.9. The normalized spacial score (nSPS) is 28.4. The second kappa shape index (κ2) is 6.02. The van der Waals surface area contributed by atoms with Gasteiger partial charge in [-0.3, -0.25) is 9.59 Å². The Morgan fingerprint density at radius 3 is 2.00 bits per heavy atom. The molecule has 2 fully saturated rings. The number of carboxylic acid groups (broad SMARTS) is 1. The maximum Gasteiger partial charge on any atom is 0.228 e. The Bertz CT molecular complexity index is 640. The number of aliphatic carboxylic acids is 1. The van der Waals surface area contributed by atoms with Crippen LogP contribution < -0.4 is 15.7 Å². The molecule has 2 aliphatic carbocycles. The first-order chi connectivity index (χ1) is 11.0. The maximum absolute atomic E-state index is 12.5. The summed E-state index contributed by atoms with van der Waals surface area (Å²) < 4.78 is 0. The molecular weight excluding hydrogens is 296 g/mol. The average molecular weight is 315 g/mol. The van der Waals surface area contributed by atoms with Crippen molar-refractivity contribution < 1.29 is 19.5 Å². The third kappa shape index (κ3) is 3.06. The smallest absolute Gasteiger partial charge is 0.228 e. The van der Waals surface area contributed by atoms with E-state index >= 15 is 0 Å². The van der Waals surface area contributed by atoms with Gasteiger partial charge in [-0.25, -0.2) is 0 Å². The molecule has 6 heteroatoms. The molecule has 2 N–H and O–H groups in total. The molecule has 0 radical (unpaired) electrons. The number of anilines is 2. The van der Waals surface area contributed by atoms with Gasteiger partial charge in [-0.1, -0.05) is 0 Å². The van der Waals surface area contributed by atoms with E-state index in [1.807, 2.05) is 0 Å². The van der Waals surface area contributed by atoms with Crippen LogP contribution in [0.25, 0.3) is 0 Å². The Kier molecular flexibility index (Phi) is 4.07. The maximum atomic E-state index is 12.5. The molecule has 3 rings (SSSR count). The zero-order valence-electron chi connectivity index (χ0n) is 12.9. The first kappa shape index (κ1) is 15.5. The van der Waals surface area contributed by atoms with Crippen LogP contribution in [0.2, 0.25) is 0 Å². The molecule has 122 valence electrons. The zero-order valence-corrected chi connectivity index (χ0v) is 12.9. The van der Waals surface area contributed by atoms with Gasteiger partial charge in [0.05, 0.1) is 0 Å². The van der Waals surface area contributed by atoms with Crippen molar-refractivity contribution in [1.29, 1.82) is 0 Å². The van der Waals surface area contributed by atoms with E-state index in [4.69, 9.17) is 0 Å². The van der Waals surface area contributed by atoms with Crippen LogP contribution in [0.1, 0.15) is 26.2 Å². The monoisotopic (exact) mass is 315 g/mol. The first-order valence-corrected chi connectivity index (χ1v) is 7.85. The highest BCUT2D eigenvalue weighted by molar-refractivity contribution is 5.96. The van der Waals surface area contributed by atoms with E-state index in [9.17, 15) is 19.5 Å². The number of hydrogen-bond acceptors (Lipinski definition) is 4. The Morgan fingerprint density at radius 2 is 1.48 bits per heavy atom. The fraction of sp³-hybridized carbons (Fsp3) is 0.471. The minimum Gasteiger partial charge on any atom is -0.550 e. The number of fused-ring (bicyclic) bond motifs is 2.